The van der Waals surface area contributed by atoms with Gasteiger partial charge in [-0.25, -0.2) is 14.4 Å². The van der Waals surface area contributed by atoms with Gasteiger partial charge in [0.15, 0.2) is 0 Å². The molecule has 0 spiro atoms. The third-order valence-electron chi connectivity index (χ3n) is 5.97. The third-order valence-corrected chi connectivity index (χ3v) is 6.52. The molecule has 1 atom stereocenters. The minimum absolute atomic E-state index is 0.174. The number of ether oxygens (including phenoxy) is 1. The highest BCUT2D eigenvalue weighted by atomic mass is 35.5. The first-order valence-corrected chi connectivity index (χ1v) is 13.3. The van der Waals surface area contributed by atoms with Crippen molar-refractivity contribution < 1.29 is 19.1 Å². The van der Waals surface area contributed by atoms with E-state index >= 15 is 0 Å². The Kier molecular flexibility index (Phi) is 9.11. The number of hydrogen-bond donors (Lipinski definition) is 3. The Balaban J connectivity index is 1.72. The van der Waals surface area contributed by atoms with Crippen molar-refractivity contribution in [1.82, 2.24) is 10.2 Å². The lowest BCUT2D eigenvalue weighted by Gasteiger charge is -2.37. The first-order chi connectivity index (χ1) is 18.8. The fourth-order valence-electron chi connectivity index (χ4n) is 4.35. The summed E-state index contributed by atoms with van der Waals surface area (Å²) in [5.41, 5.74) is 2.97. The summed E-state index contributed by atoms with van der Waals surface area (Å²) in [6.45, 7) is 4.29. The van der Waals surface area contributed by atoms with E-state index in [-0.39, 0.29) is 12.6 Å². The molecule has 0 radical (unpaired) electrons. The van der Waals surface area contributed by atoms with E-state index in [4.69, 9.17) is 27.9 Å². The zero-order valence-electron chi connectivity index (χ0n) is 21.5. The van der Waals surface area contributed by atoms with Crippen LogP contribution in [0.25, 0.3) is 5.70 Å². The van der Waals surface area contributed by atoms with Crippen LogP contribution in [0, 0.1) is 0 Å². The molecule has 1 unspecified atom stereocenters. The van der Waals surface area contributed by atoms with E-state index in [1.807, 2.05) is 37.3 Å². The van der Waals surface area contributed by atoms with Crippen LogP contribution in [0.3, 0.4) is 0 Å². The number of amides is 4. The molecular weight excluding hydrogens is 539 g/mol. The van der Waals surface area contributed by atoms with E-state index in [1.165, 1.54) is 6.07 Å². The van der Waals surface area contributed by atoms with E-state index in [1.54, 1.807) is 48.2 Å². The molecule has 10 heteroatoms. The Bertz CT molecular complexity index is 1410. The third kappa shape index (κ3) is 6.53. The molecule has 3 aromatic rings. The lowest BCUT2D eigenvalue weighted by Crippen LogP contribution is -2.48. The van der Waals surface area contributed by atoms with Gasteiger partial charge < -0.3 is 20.7 Å². The number of rotatable bonds is 8. The molecule has 4 amide bonds. The Hall–Kier alpha value is -4.01. The molecule has 202 valence electrons. The van der Waals surface area contributed by atoms with Gasteiger partial charge in [-0.3, -0.25) is 4.90 Å². The molecule has 0 bridgehead atoms. The van der Waals surface area contributed by atoms with Crippen LogP contribution >= 0.6 is 23.2 Å². The van der Waals surface area contributed by atoms with Crippen LogP contribution in [-0.2, 0) is 9.53 Å². The molecule has 0 aliphatic carbocycles. The maximum absolute atomic E-state index is 13.4. The summed E-state index contributed by atoms with van der Waals surface area (Å²) in [5.74, 6) is -0.532. The second-order valence-corrected chi connectivity index (χ2v) is 9.56. The predicted octanol–water partition coefficient (Wildman–Crippen LogP) is 7.09. The number of anilines is 2. The van der Waals surface area contributed by atoms with Gasteiger partial charge in [-0.2, -0.15) is 0 Å². The molecule has 0 fully saturated rings. The number of benzene rings is 3. The highest BCUT2D eigenvalue weighted by molar-refractivity contribution is 6.36. The predicted molar refractivity (Wildman–Crippen MR) is 154 cm³/mol. The Morgan fingerprint density at radius 1 is 0.974 bits per heavy atom. The number of carbonyl (C=O) groups excluding carboxylic acids is 3. The van der Waals surface area contributed by atoms with E-state index in [2.05, 4.69) is 16.0 Å². The maximum Gasteiger partial charge on any atom is 0.338 e. The van der Waals surface area contributed by atoms with Gasteiger partial charge in [0, 0.05) is 17.3 Å². The summed E-state index contributed by atoms with van der Waals surface area (Å²) in [5, 5.41) is 9.16. The molecule has 3 N–H and O–H groups in total. The van der Waals surface area contributed by atoms with Crippen LogP contribution in [-0.4, -0.2) is 36.1 Å². The van der Waals surface area contributed by atoms with Crippen LogP contribution in [0.5, 0.6) is 0 Å². The van der Waals surface area contributed by atoms with E-state index < -0.39 is 18.0 Å². The summed E-state index contributed by atoms with van der Waals surface area (Å²) in [6.07, 6.45) is 0.691. The van der Waals surface area contributed by atoms with Gasteiger partial charge in [-0.15, -0.1) is 0 Å². The minimum atomic E-state index is -0.810. The minimum Gasteiger partial charge on any atom is -0.463 e. The molecular formula is C29H28Cl2N4O4. The molecule has 0 aromatic heterocycles. The lowest BCUT2D eigenvalue weighted by atomic mass is 9.91. The summed E-state index contributed by atoms with van der Waals surface area (Å²) < 4.78 is 5.45. The van der Waals surface area contributed by atoms with Crippen molar-refractivity contribution in [2.45, 2.75) is 26.3 Å². The smallest absolute Gasteiger partial charge is 0.338 e. The molecule has 0 saturated heterocycles. The van der Waals surface area contributed by atoms with Gasteiger partial charge in [0.1, 0.15) is 0 Å². The number of urea groups is 2. The van der Waals surface area contributed by atoms with Crippen molar-refractivity contribution >= 4 is 58.3 Å². The lowest BCUT2D eigenvalue weighted by molar-refractivity contribution is -0.138. The highest BCUT2D eigenvalue weighted by Gasteiger charge is 2.38. The number of nitrogens with one attached hydrogen (secondary N) is 3. The summed E-state index contributed by atoms with van der Waals surface area (Å²) in [6, 6.07) is 19.3. The second kappa shape index (κ2) is 12.7. The van der Waals surface area contributed by atoms with Crippen molar-refractivity contribution in [2.75, 3.05) is 23.8 Å². The zero-order valence-corrected chi connectivity index (χ0v) is 23.0. The average Bonchev–Trinajstić information content (AvgIpc) is 2.92. The Morgan fingerprint density at radius 2 is 1.74 bits per heavy atom. The van der Waals surface area contributed by atoms with Crippen LogP contribution in [0.1, 0.15) is 37.4 Å². The van der Waals surface area contributed by atoms with Crippen molar-refractivity contribution in [3.05, 3.63) is 99.5 Å². The monoisotopic (exact) mass is 566 g/mol. The van der Waals surface area contributed by atoms with Crippen molar-refractivity contribution in [3.8, 4) is 0 Å². The van der Waals surface area contributed by atoms with Gasteiger partial charge in [0.05, 0.1) is 34.6 Å². The maximum atomic E-state index is 13.4. The molecule has 1 aliphatic rings. The van der Waals surface area contributed by atoms with Crippen LogP contribution in [0.15, 0.2) is 78.4 Å². The summed E-state index contributed by atoms with van der Waals surface area (Å²) in [4.78, 5) is 41.0. The number of nitrogens with zero attached hydrogens (tertiary/aromatic N) is 1. The molecule has 8 nitrogen and oxygen atoms in total. The molecule has 4 rings (SSSR count). The standard InChI is InChI=1S/C29H28Cl2N4O4/c1-3-15-35-26(18-9-6-5-7-10-18)24(27(36)39-4-2)25(34-29(35)38)19-11-8-12-21(16-19)32-28(37)33-23-14-13-20(30)17-22(23)31/h5-14,16-17,25H,3-4,15H2,1-2H3,(H,34,38)(H2,32,33,37). The Labute approximate surface area is 236 Å². The largest absolute Gasteiger partial charge is 0.463 e. The van der Waals surface area contributed by atoms with Crippen molar-refractivity contribution in [2.24, 2.45) is 0 Å². The van der Waals surface area contributed by atoms with Gasteiger partial charge in [-0.1, -0.05) is 72.6 Å². The van der Waals surface area contributed by atoms with Gasteiger partial charge >= 0.3 is 18.0 Å². The first kappa shape index (κ1) is 28.0. The molecule has 1 aliphatic heterocycles. The Morgan fingerprint density at radius 3 is 2.44 bits per heavy atom. The quantitative estimate of drug-likeness (QED) is 0.253. The molecule has 3 aromatic carbocycles. The number of hydrogen-bond acceptors (Lipinski definition) is 4. The number of carbonyl (C=O) groups is 3. The SMILES string of the molecule is CCCN1C(=O)NC(c2cccc(NC(=O)Nc3ccc(Cl)cc3Cl)c2)C(C(=O)OCC)=C1c1ccccc1. The summed E-state index contributed by atoms with van der Waals surface area (Å²) in [7, 11) is 0. The first-order valence-electron chi connectivity index (χ1n) is 12.5. The normalized spacial score (nSPS) is 15.0. The fourth-order valence-corrected chi connectivity index (χ4v) is 4.80. The van der Waals surface area contributed by atoms with Crippen molar-refractivity contribution in [1.29, 1.82) is 0 Å². The average molecular weight is 567 g/mol. The molecule has 39 heavy (non-hydrogen) atoms. The fraction of sp³-hybridized carbons (Fsp3) is 0.207. The highest BCUT2D eigenvalue weighted by Crippen LogP contribution is 2.37. The van der Waals surface area contributed by atoms with E-state index in [0.29, 0.717) is 51.2 Å². The van der Waals surface area contributed by atoms with Gasteiger partial charge in [-0.05, 0) is 54.8 Å². The summed E-state index contributed by atoms with van der Waals surface area (Å²) >= 11 is 12.1. The van der Waals surface area contributed by atoms with Gasteiger partial charge in [0.2, 0.25) is 0 Å². The van der Waals surface area contributed by atoms with E-state index in [0.717, 1.165) is 5.56 Å². The number of esters is 1. The van der Waals surface area contributed by atoms with Crippen LogP contribution in [0.4, 0.5) is 21.0 Å². The number of halogens is 2. The second-order valence-electron chi connectivity index (χ2n) is 8.71. The van der Waals surface area contributed by atoms with Gasteiger partial charge in [0.25, 0.3) is 0 Å². The van der Waals surface area contributed by atoms with E-state index in [9.17, 15) is 14.4 Å². The van der Waals surface area contributed by atoms with Crippen LogP contribution < -0.4 is 16.0 Å². The molecule has 1 heterocycles. The zero-order chi connectivity index (χ0) is 27.9. The van der Waals surface area contributed by atoms with Crippen molar-refractivity contribution in [3.63, 3.8) is 0 Å². The van der Waals surface area contributed by atoms with Crippen LogP contribution in [0.2, 0.25) is 10.0 Å². The topological polar surface area (TPSA) is 99.8 Å². The molecule has 0 saturated carbocycles.